The molecule has 0 aliphatic heterocycles. The van der Waals surface area contributed by atoms with E-state index in [1.807, 2.05) is 30.3 Å². The molecule has 0 aliphatic carbocycles. The normalized spacial score (nSPS) is 10.5. The van der Waals surface area contributed by atoms with Gasteiger partial charge in [0, 0.05) is 10.8 Å². The number of aromatic amines is 1. The zero-order chi connectivity index (χ0) is 13.0. The molecule has 0 saturated heterocycles. The molecular formula is C12H12ClN3OS. The van der Waals surface area contributed by atoms with Gasteiger partial charge in [-0.05, 0) is 5.56 Å². The summed E-state index contributed by atoms with van der Waals surface area (Å²) < 4.78 is 1.58. The lowest BCUT2D eigenvalue weighted by Gasteiger charge is -2.04. The zero-order valence-electron chi connectivity index (χ0n) is 9.60. The van der Waals surface area contributed by atoms with Crippen molar-refractivity contribution in [1.29, 1.82) is 0 Å². The Morgan fingerprint density at radius 1 is 1.44 bits per heavy atom. The second-order valence-electron chi connectivity index (χ2n) is 3.69. The quantitative estimate of drug-likeness (QED) is 0.857. The van der Waals surface area contributed by atoms with Crippen molar-refractivity contribution in [1.82, 2.24) is 14.8 Å². The SMILES string of the molecule is C=C(Cl)CSc1n[nH]c(=O)n1Cc1ccccc1. The van der Waals surface area contributed by atoms with Crippen molar-refractivity contribution in [3.8, 4) is 0 Å². The topological polar surface area (TPSA) is 50.7 Å². The largest absolute Gasteiger partial charge is 0.344 e. The first-order chi connectivity index (χ1) is 8.66. The summed E-state index contributed by atoms with van der Waals surface area (Å²) >= 11 is 7.09. The number of nitrogens with zero attached hydrogens (tertiary/aromatic N) is 2. The Morgan fingerprint density at radius 2 is 2.17 bits per heavy atom. The van der Waals surface area contributed by atoms with E-state index in [0.29, 0.717) is 22.5 Å². The summed E-state index contributed by atoms with van der Waals surface area (Å²) in [5.41, 5.74) is 0.828. The van der Waals surface area contributed by atoms with Crippen molar-refractivity contribution < 1.29 is 0 Å². The van der Waals surface area contributed by atoms with Crippen molar-refractivity contribution in [3.63, 3.8) is 0 Å². The number of H-pyrrole nitrogens is 1. The Kier molecular flexibility index (Phi) is 4.28. The fourth-order valence-corrected chi connectivity index (χ4v) is 2.32. The van der Waals surface area contributed by atoms with Gasteiger partial charge in [-0.2, -0.15) is 0 Å². The highest BCUT2D eigenvalue weighted by atomic mass is 35.5. The number of aromatic nitrogens is 3. The molecule has 1 N–H and O–H groups in total. The van der Waals surface area contributed by atoms with Gasteiger partial charge >= 0.3 is 5.69 Å². The summed E-state index contributed by atoms with van der Waals surface area (Å²) in [6, 6.07) is 9.75. The minimum absolute atomic E-state index is 0.221. The van der Waals surface area contributed by atoms with Crippen LogP contribution < -0.4 is 5.69 Å². The van der Waals surface area contributed by atoms with Crippen molar-refractivity contribution in [2.45, 2.75) is 11.7 Å². The predicted octanol–water partition coefficient (Wildman–Crippen LogP) is 2.46. The number of rotatable bonds is 5. The smallest absolute Gasteiger partial charge is 0.266 e. The molecule has 4 nitrogen and oxygen atoms in total. The van der Waals surface area contributed by atoms with Crippen molar-refractivity contribution in [2.24, 2.45) is 0 Å². The van der Waals surface area contributed by atoms with Crippen LogP contribution in [0.2, 0.25) is 0 Å². The summed E-state index contributed by atoms with van der Waals surface area (Å²) in [5.74, 6) is 0.528. The maximum Gasteiger partial charge on any atom is 0.344 e. The molecule has 0 amide bonds. The van der Waals surface area contributed by atoms with Crippen LogP contribution in [0.3, 0.4) is 0 Å². The molecule has 1 aromatic heterocycles. The number of benzene rings is 1. The maximum absolute atomic E-state index is 11.7. The van der Waals surface area contributed by atoms with E-state index in [2.05, 4.69) is 16.8 Å². The molecular weight excluding hydrogens is 270 g/mol. The highest BCUT2D eigenvalue weighted by Gasteiger charge is 2.09. The van der Waals surface area contributed by atoms with Crippen LogP contribution in [0.15, 0.2) is 51.9 Å². The number of hydrogen-bond donors (Lipinski definition) is 1. The maximum atomic E-state index is 11.7. The lowest BCUT2D eigenvalue weighted by molar-refractivity contribution is 0.687. The molecule has 0 spiro atoms. The monoisotopic (exact) mass is 281 g/mol. The van der Waals surface area contributed by atoms with E-state index < -0.39 is 0 Å². The molecule has 0 atom stereocenters. The van der Waals surface area contributed by atoms with E-state index in [1.165, 1.54) is 11.8 Å². The van der Waals surface area contributed by atoms with Gasteiger partial charge < -0.3 is 0 Å². The van der Waals surface area contributed by atoms with Crippen LogP contribution in [-0.4, -0.2) is 20.5 Å². The number of hydrogen-bond acceptors (Lipinski definition) is 3. The third-order valence-electron chi connectivity index (χ3n) is 2.26. The highest BCUT2D eigenvalue weighted by Crippen LogP contribution is 2.18. The molecule has 0 fully saturated rings. The Bertz CT molecular complexity index is 591. The molecule has 18 heavy (non-hydrogen) atoms. The van der Waals surface area contributed by atoms with E-state index in [0.717, 1.165) is 5.56 Å². The summed E-state index contributed by atoms with van der Waals surface area (Å²) in [4.78, 5) is 11.7. The molecule has 2 aromatic rings. The molecule has 2 rings (SSSR count). The van der Waals surface area contributed by atoms with Crippen LogP contribution in [0.1, 0.15) is 5.56 Å². The van der Waals surface area contributed by atoms with Gasteiger partial charge in [-0.3, -0.25) is 4.57 Å². The molecule has 0 unspecified atom stereocenters. The van der Waals surface area contributed by atoms with Gasteiger partial charge in [0.25, 0.3) is 0 Å². The third kappa shape index (κ3) is 3.27. The minimum Gasteiger partial charge on any atom is -0.266 e. The average Bonchev–Trinajstić information content (AvgIpc) is 2.70. The van der Waals surface area contributed by atoms with E-state index in [-0.39, 0.29) is 5.69 Å². The van der Waals surface area contributed by atoms with Crippen LogP contribution in [0.4, 0.5) is 0 Å². The lowest BCUT2D eigenvalue weighted by Crippen LogP contribution is -2.18. The van der Waals surface area contributed by atoms with Crippen molar-refractivity contribution in [2.75, 3.05) is 5.75 Å². The lowest BCUT2D eigenvalue weighted by atomic mass is 10.2. The van der Waals surface area contributed by atoms with Crippen LogP contribution in [0.5, 0.6) is 0 Å². The molecule has 0 aliphatic rings. The summed E-state index contributed by atoms with van der Waals surface area (Å²) in [6.07, 6.45) is 0. The van der Waals surface area contributed by atoms with Gasteiger partial charge in [0.1, 0.15) is 0 Å². The molecule has 94 valence electrons. The van der Waals surface area contributed by atoms with E-state index in [4.69, 9.17) is 11.6 Å². The van der Waals surface area contributed by atoms with Crippen molar-refractivity contribution in [3.05, 3.63) is 58.0 Å². The van der Waals surface area contributed by atoms with Gasteiger partial charge in [0.15, 0.2) is 5.16 Å². The van der Waals surface area contributed by atoms with Crippen LogP contribution in [0, 0.1) is 0 Å². The molecule has 0 bridgehead atoms. The van der Waals surface area contributed by atoms with Gasteiger partial charge in [0.2, 0.25) is 0 Å². The molecule has 1 aromatic carbocycles. The standard InChI is InChI=1S/C12H12ClN3OS/c1-9(13)8-18-12-15-14-11(17)16(12)7-10-5-3-2-4-6-10/h2-6H,1,7-8H2,(H,14,17). The van der Waals surface area contributed by atoms with Crippen molar-refractivity contribution >= 4 is 23.4 Å². The Labute approximate surface area is 114 Å². The fourth-order valence-electron chi connectivity index (χ4n) is 1.46. The Balaban J connectivity index is 2.19. The highest BCUT2D eigenvalue weighted by molar-refractivity contribution is 7.99. The third-order valence-corrected chi connectivity index (χ3v) is 3.62. The average molecular weight is 282 g/mol. The number of halogens is 1. The van der Waals surface area contributed by atoms with E-state index >= 15 is 0 Å². The molecule has 0 saturated carbocycles. The van der Waals surface area contributed by atoms with Crippen LogP contribution >= 0.6 is 23.4 Å². The van der Waals surface area contributed by atoms with Crippen LogP contribution in [0.25, 0.3) is 0 Å². The van der Waals surface area contributed by atoms with E-state index in [1.54, 1.807) is 4.57 Å². The van der Waals surface area contributed by atoms with Gasteiger partial charge in [0.05, 0.1) is 6.54 Å². The fraction of sp³-hybridized carbons (Fsp3) is 0.167. The Morgan fingerprint density at radius 3 is 2.83 bits per heavy atom. The predicted molar refractivity (Wildman–Crippen MR) is 74.1 cm³/mol. The van der Waals surface area contributed by atoms with E-state index in [9.17, 15) is 4.79 Å². The van der Waals surface area contributed by atoms with Gasteiger partial charge in [-0.1, -0.05) is 60.3 Å². The van der Waals surface area contributed by atoms with Gasteiger partial charge in [-0.15, -0.1) is 5.10 Å². The van der Waals surface area contributed by atoms with Gasteiger partial charge in [-0.25, -0.2) is 9.89 Å². The first-order valence-corrected chi connectivity index (χ1v) is 6.68. The Hall–Kier alpha value is -1.46. The summed E-state index contributed by atoms with van der Waals surface area (Å²) in [6.45, 7) is 4.10. The molecule has 1 heterocycles. The second-order valence-corrected chi connectivity index (χ2v) is 5.17. The van der Waals surface area contributed by atoms with Crippen LogP contribution in [-0.2, 0) is 6.54 Å². The second kappa shape index (κ2) is 5.93. The summed E-state index contributed by atoms with van der Waals surface area (Å²) in [5, 5.41) is 7.56. The number of nitrogens with one attached hydrogen (secondary N) is 1. The summed E-state index contributed by atoms with van der Waals surface area (Å²) in [7, 11) is 0. The zero-order valence-corrected chi connectivity index (χ0v) is 11.2. The molecule has 0 radical (unpaired) electrons. The molecule has 6 heteroatoms. The minimum atomic E-state index is -0.221. The first-order valence-electron chi connectivity index (χ1n) is 5.32. The number of thioether (sulfide) groups is 1. The first kappa shape index (κ1) is 13.0.